The summed E-state index contributed by atoms with van der Waals surface area (Å²) in [5.41, 5.74) is 0.0133. The Labute approximate surface area is 98.5 Å². The monoisotopic (exact) mass is 231 g/mol. The molecule has 1 aliphatic rings. The maximum Gasteiger partial charge on any atom is 0.0598 e. The lowest BCUT2D eigenvalue weighted by molar-refractivity contribution is -0.00923. The molecular formula is C12H25NOS. The fourth-order valence-corrected chi connectivity index (χ4v) is 3.37. The first-order valence-corrected chi connectivity index (χ1v) is 7.13. The van der Waals surface area contributed by atoms with Crippen molar-refractivity contribution in [3.63, 3.8) is 0 Å². The average Bonchev–Trinajstić information content (AvgIpc) is 2.51. The van der Waals surface area contributed by atoms with Gasteiger partial charge in [0.2, 0.25) is 0 Å². The lowest BCUT2D eigenvalue weighted by atomic mass is 10.0. The Balaban J connectivity index is 2.20. The highest BCUT2D eigenvalue weighted by Gasteiger charge is 2.26. The molecule has 0 radical (unpaired) electrons. The maximum absolute atomic E-state index is 5.78. The van der Waals surface area contributed by atoms with Crippen molar-refractivity contribution in [2.24, 2.45) is 5.92 Å². The quantitative estimate of drug-likeness (QED) is 0.785. The molecule has 2 atom stereocenters. The molecule has 1 rings (SSSR count). The first-order chi connectivity index (χ1) is 7.03. The molecule has 90 valence electrons. The fourth-order valence-electron chi connectivity index (χ4n) is 1.89. The summed E-state index contributed by atoms with van der Waals surface area (Å²) in [6, 6.07) is 0.712. The molecule has 1 fully saturated rings. The third-order valence-electron chi connectivity index (χ3n) is 2.69. The molecule has 3 heteroatoms. The van der Waals surface area contributed by atoms with E-state index in [1.54, 1.807) is 0 Å². The van der Waals surface area contributed by atoms with Crippen LogP contribution in [0.3, 0.4) is 0 Å². The summed E-state index contributed by atoms with van der Waals surface area (Å²) in [6.07, 6.45) is 1.20. The smallest absolute Gasteiger partial charge is 0.0598 e. The van der Waals surface area contributed by atoms with Crippen molar-refractivity contribution in [2.75, 3.05) is 24.7 Å². The predicted molar refractivity (Wildman–Crippen MR) is 68.6 cm³/mol. The van der Waals surface area contributed by atoms with Gasteiger partial charge in [-0.25, -0.2) is 0 Å². The van der Waals surface area contributed by atoms with Crippen molar-refractivity contribution in [3.8, 4) is 0 Å². The van der Waals surface area contributed by atoms with Gasteiger partial charge < -0.3 is 10.1 Å². The van der Waals surface area contributed by atoms with E-state index in [9.17, 15) is 0 Å². The van der Waals surface area contributed by atoms with Gasteiger partial charge in [-0.05, 0) is 45.4 Å². The van der Waals surface area contributed by atoms with Gasteiger partial charge in [-0.2, -0.15) is 11.8 Å². The number of nitrogens with one attached hydrogen (secondary N) is 1. The molecule has 1 heterocycles. The molecule has 0 aromatic heterocycles. The van der Waals surface area contributed by atoms with Crippen LogP contribution in [0.1, 0.15) is 34.1 Å². The lowest BCUT2D eigenvalue weighted by Crippen LogP contribution is -2.36. The molecule has 2 nitrogen and oxygen atoms in total. The van der Waals surface area contributed by atoms with Crippen LogP contribution < -0.4 is 5.32 Å². The van der Waals surface area contributed by atoms with E-state index in [0.717, 1.165) is 19.1 Å². The highest BCUT2D eigenvalue weighted by Crippen LogP contribution is 2.27. The van der Waals surface area contributed by atoms with Crippen LogP contribution in [0.4, 0.5) is 0 Å². The number of ether oxygens (including phenoxy) is 1. The number of hydrogen-bond donors (Lipinski definition) is 1. The molecule has 0 amide bonds. The van der Waals surface area contributed by atoms with Crippen molar-refractivity contribution in [1.29, 1.82) is 0 Å². The van der Waals surface area contributed by atoms with Crippen molar-refractivity contribution in [3.05, 3.63) is 0 Å². The molecule has 0 aromatic rings. The van der Waals surface area contributed by atoms with Gasteiger partial charge in [0.15, 0.2) is 0 Å². The normalized spacial score (nSPS) is 27.2. The van der Waals surface area contributed by atoms with E-state index < -0.39 is 0 Å². The number of hydrogen-bond acceptors (Lipinski definition) is 3. The highest BCUT2D eigenvalue weighted by atomic mass is 32.2. The molecule has 0 bridgehead atoms. The first kappa shape index (κ1) is 13.3. The van der Waals surface area contributed by atoms with Crippen LogP contribution in [0, 0.1) is 5.92 Å². The zero-order valence-electron chi connectivity index (χ0n) is 10.5. The maximum atomic E-state index is 5.78. The van der Waals surface area contributed by atoms with Gasteiger partial charge in [-0.15, -0.1) is 0 Å². The van der Waals surface area contributed by atoms with Gasteiger partial charge in [0, 0.05) is 18.4 Å². The predicted octanol–water partition coefficient (Wildman–Crippen LogP) is 2.53. The fraction of sp³-hybridized carbons (Fsp3) is 1.00. The van der Waals surface area contributed by atoms with Crippen LogP contribution in [0.5, 0.6) is 0 Å². The zero-order valence-corrected chi connectivity index (χ0v) is 11.3. The Morgan fingerprint density at radius 3 is 2.67 bits per heavy atom. The van der Waals surface area contributed by atoms with Crippen molar-refractivity contribution in [2.45, 2.75) is 45.8 Å². The van der Waals surface area contributed by atoms with Gasteiger partial charge in [-0.3, -0.25) is 0 Å². The van der Waals surface area contributed by atoms with Crippen molar-refractivity contribution < 1.29 is 4.74 Å². The number of rotatable bonds is 5. The summed E-state index contributed by atoms with van der Waals surface area (Å²) in [6.45, 7) is 10.5. The minimum Gasteiger partial charge on any atom is -0.376 e. The molecule has 2 unspecified atom stereocenters. The third-order valence-corrected chi connectivity index (χ3v) is 3.95. The minimum atomic E-state index is 0.0133. The van der Waals surface area contributed by atoms with E-state index in [1.807, 2.05) is 0 Å². The van der Waals surface area contributed by atoms with Gasteiger partial charge in [-0.1, -0.05) is 6.92 Å². The molecule has 1 saturated heterocycles. The molecule has 0 aromatic carbocycles. The Bertz CT molecular complexity index is 179. The Morgan fingerprint density at radius 1 is 1.33 bits per heavy atom. The molecule has 15 heavy (non-hydrogen) atoms. The van der Waals surface area contributed by atoms with Crippen LogP contribution in [-0.2, 0) is 4.74 Å². The molecule has 0 aliphatic carbocycles. The Hall–Kier alpha value is 0.270. The Morgan fingerprint density at radius 2 is 2.07 bits per heavy atom. The summed E-state index contributed by atoms with van der Waals surface area (Å²) in [5.74, 6) is 3.37. The van der Waals surface area contributed by atoms with Crippen LogP contribution in [-0.4, -0.2) is 36.3 Å². The largest absolute Gasteiger partial charge is 0.376 e. The molecule has 1 N–H and O–H groups in total. The summed E-state index contributed by atoms with van der Waals surface area (Å²) in [7, 11) is 0. The van der Waals surface area contributed by atoms with E-state index in [1.165, 1.54) is 17.9 Å². The van der Waals surface area contributed by atoms with Gasteiger partial charge in [0.25, 0.3) is 0 Å². The second-order valence-corrected chi connectivity index (χ2v) is 6.29. The first-order valence-electron chi connectivity index (χ1n) is 5.98. The topological polar surface area (TPSA) is 21.3 Å². The van der Waals surface area contributed by atoms with Crippen molar-refractivity contribution >= 4 is 11.8 Å². The van der Waals surface area contributed by atoms with Gasteiger partial charge in [0.05, 0.1) is 5.60 Å². The molecule has 0 saturated carbocycles. The van der Waals surface area contributed by atoms with Crippen LogP contribution in [0.25, 0.3) is 0 Å². The van der Waals surface area contributed by atoms with Crippen LogP contribution in [0.2, 0.25) is 0 Å². The molecular weight excluding hydrogens is 206 g/mol. The van der Waals surface area contributed by atoms with Gasteiger partial charge >= 0.3 is 0 Å². The Kier molecular flexibility index (Phi) is 5.44. The summed E-state index contributed by atoms with van der Waals surface area (Å²) < 4.78 is 5.78. The van der Waals surface area contributed by atoms with Crippen LogP contribution >= 0.6 is 11.8 Å². The molecule has 1 aliphatic heterocycles. The van der Waals surface area contributed by atoms with Crippen molar-refractivity contribution in [1.82, 2.24) is 5.32 Å². The third kappa shape index (κ3) is 5.23. The molecule has 0 spiro atoms. The van der Waals surface area contributed by atoms with E-state index in [4.69, 9.17) is 4.74 Å². The van der Waals surface area contributed by atoms with Gasteiger partial charge in [0.1, 0.15) is 0 Å². The second kappa shape index (κ2) is 6.12. The van der Waals surface area contributed by atoms with E-state index >= 15 is 0 Å². The highest BCUT2D eigenvalue weighted by molar-refractivity contribution is 7.99. The van der Waals surface area contributed by atoms with E-state index in [-0.39, 0.29) is 5.60 Å². The van der Waals surface area contributed by atoms with Crippen LogP contribution in [0.15, 0.2) is 0 Å². The lowest BCUT2D eigenvalue weighted by Gasteiger charge is -2.23. The average molecular weight is 231 g/mol. The SMILES string of the molecule is CCNC1CSCC1CCOC(C)(C)C. The number of thioether (sulfide) groups is 1. The standard InChI is InChI=1S/C12H25NOS/c1-5-13-11-9-15-8-10(11)6-7-14-12(2,3)4/h10-11,13H,5-9H2,1-4H3. The second-order valence-electron chi connectivity index (χ2n) is 5.21. The summed E-state index contributed by atoms with van der Waals surface area (Å²) >= 11 is 2.07. The summed E-state index contributed by atoms with van der Waals surface area (Å²) in [4.78, 5) is 0. The van der Waals surface area contributed by atoms with E-state index in [2.05, 4.69) is 44.8 Å². The van der Waals surface area contributed by atoms with E-state index in [0.29, 0.717) is 6.04 Å². The summed E-state index contributed by atoms with van der Waals surface area (Å²) in [5, 5.41) is 3.57. The zero-order chi connectivity index (χ0) is 11.3. The minimum absolute atomic E-state index is 0.0133.